The molecule has 0 bridgehead atoms. The lowest BCUT2D eigenvalue weighted by Gasteiger charge is -2.22. The molecule has 1 atom stereocenters. The lowest BCUT2D eigenvalue weighted by atomic mass is 9.90. The van der Waals surface area contributed by atoms with Crippen molar-refractivity contribution in [1.29, 1.82) is 0 Å². The number of carbonyl (C=O) groups excluding carboxylic acids is 2. The fourth-order valence-electron chi connectivity index (χ4n) is 3.29. The molecule has 3 amide bonds. The van der Waals surface area contributed by atoms with Gasteiger partial charge in [-0.05, 0) is 30.0 Å². The number of hydrogen-bond donors (Lipinski definition) is 1. The molecule has 1 saturated heterocycles. The molecular weight excluding hydrogens is 386 g/mol. The van der Waals surface area contributed by atoms with Gasteiger partial charge in [0.15, 0.2) is 10.8 Å². The molecule has 1 aliphatic rings. The number of hydrogen-bond acceptors (Lipinski definition) is 6. The number of benzene rings is 1. The van der Waals surface area contributed by atoms with Gasteiger partial charge in [-0.2, -0.15) is 0 Å². The molecule has 148 valence electrons. The Morgan fingerprint density at radius 3 is 2.48 bits per heavy atom. The van der Waals surface area contributed by atoms with Crippen LogP contribution in [-0.4, -0.2) is 31.8 Å². The minimum atomic E-state index is -1.09. The van der Waals surface area contributed by atoms with Crippen molar-refractivity contribution in [2.45, 2.75) is 38.8 Å². The summed E-state index contributed by atoms with van der Waals surface area (Å²) in [6, 6.07) is 9.13. The molecule has 1 aromatic carbocycles. The van der Waals surface area contributed by atoms with Crippen LogP contribution >= 0.6 is 11.3 Å². The molecule has 0 saturated carbocycles. The summed E-state index contributed by atoms with van der Waals surface area (Å²) < 4.78 is 0. The number of nitrogens with zero attached hydrogens (tertiary/aromatic N) is 4. The number of aromatic nitrogens is 3. The summed E-state index contributed by atoms with van der Waals surface area (Å²) >= 11 is 1.38. The highest BCUT2D eigenvalue weighted by molar-refractivity contribution is 7.13. The van der Waals surface area contributed by atoms with Crippen LogP contribution in [0.25, 0.3) is 10.8 Å². The summed E-state index contributed by atoms with van der Waals surface area (Å²) in [6.45, 7) is 6.07. The Balaban J connectivity index is 1.55. The Hall–Kier alpha value is -3.13. The molecule has 7 nitrogen and oxygen atoms in total. The van der Waals surface area contributed by atoms with Crippen LogP contribution in [0.1, 0.15) is 43.5 Å². The van der Waals surface area contributed by atoms with E-state index in [0.29, 0.717) is 22.4 Å². The van der Waals surface area contributed by atoms with E-state index in [4.69, 9.17) is 0 Å². The summed E-state index contributed by atoms with van der Waals surface area (Å²) in [5.41, 5.74) is 1.48. The first-order valence-corrected chi connectivity index (χ1v) is 10.2. The predicted molar refractivity (Wildman–Crippen MR) is 110 cm³/mol. The maximum Gasteiger partial charge on any atom is 0.325 e. The summed E-state index contributed by atoms with van der Waals surface area (Å²) in [6.07, 6.45) is 3.30. The highest BCUT2D eigenvalue weighted by Crippen LogP contribution is 2.31. The largest absolute Gasteiger partial charge is 0.325 e. The van der Waals surface area contributed by atoms with Crippen LogP contribution in [0.5, 0.6) is 0 Å². The fourth-order valence-corrected chi connectivity index (χ4v) is 4.05. The number of rotatable bonds is 5. The maximum atomic E-state index is 13.1. The molecule has 1 N–H and O–H groups in total. The Morgan fingerprint density at radius 1 is 1.14 bits per heavy atom. The zero-order chi connectivity index (χ0) is 20.6. The predicted octanol–water partition coefficient (Wildman–Crippen LogP) is 3.69. The third-order valence-corrected chi connectivity index (χ3v) is 5.95. The summed E-state index contributed by atoms with van der Waals surface area (Å²) in [7, 11) is 0. The van der Waals surface area contributed by atoms with Crippen LogP contribution < -0.4 is 5.32 Å². The molecule has 2 aromatic heterocycles. The van der Waals surface area contributed by atoms with Gasteiger partial charge in [-0.3, -0.25) is 9.69 Å². The summed E-state index contributed by atoms with van der Waals surface area (Å²) in [5.74, 6) is 0.635. The maximum absolute atomic E-state index is 13.1. The van der Waals surface area contributed by atoms with Crippen molar-refractivity contribution in [1.82, 2.24) is 25.2 Å². The van der Waals surface area contributed by atoms with Gasteiger partial charge in [-0.15, -0.1) is 11.3 Å². The smallest absolute Gasteiger partial charge is 0.319 e. The van der Waals surface area contributed by atoms with E-state index < -0.39 is 11.6 Å². The van der Waals surface area contributed by atoms with E-state index in [9.17, 15) is 9.59 Å². The van der Waals surface area contributed by atoms with Crippen LogP contribution in [0.2, 0.25) is 0 Å². The number of nitrogens with one attached hydrogen (secondary N) is 1. The molecule has 3 aromatic rings. The molecule has 3 heterocycles. The van der Waals surface area contributed by atoms with Crippen LogP contribution in [-0.2, 0) is 16.9 Å². The quantitative estimate of drug-likeness (QED) is 0.652. The average Bonchev–Trinajstić information content (AvgIpc) is 3.28. The lowest BCUT2D eigenvalue weighted by Crippen LogP contribution is -2.40. The molecule has 1 aliphatic heterocycles. The third kappa shape index (κ3) is 3.51. The van der Waals surface area contributed by atoms with Gasteiger partial charge >= 0.3 is 6.03 Å². The first-order chi connectivity index (χ1) is 13.9. The van der Waals surface area contributed by atoms with Crippen molar-refractivity contribution < 1.29 is 9.59 Å². The second kappa shape index (κ2) is 7.36. The molecule has 0 spiro atoms. The van der Waals surface area contributed by atoms with Crippen LogP contribution in [0.3, 0.4) is 0 Å². The van der Waals surface area contributed by atoms with E-state index in [1.54, 1.807) is 25.4 Å². The Kier molecular flexibility index (Phi) is 4.87. The van der Waals surface area contributed by atoms with E-state index in [-0.39, 0.29) is 12.5 Å². The Bertz CT molecular complexity index is 1050. The number of carbonyl (C=O) groups is 2. The van der Waals surface area contributed by atoms with E-state index >= 15 is 0 Å². The summed E-state index contributed by atoms with van der Waals surface area (Å²) in [5, 5.41) is 5.31. The highest BCUT2D eigenvalue weighted by atomic mass is 32.1. The van der Waals surface area contributed by atoms with Gasteiger partial charge in [0.05, 0.1) is 12.2 Å². The number of imide groups is 1. The van der Waals surface area contributed by atoms with Gasteiger partial charge in [-0.25, -0.2) is 19.7 Å². The molecule has 1 unspecified atom stereocenters. The Morgan fingerprint density at radius 2 is 1.83 bits per heavy atom. The number of urea groups is 1. The third-order valence-electron chi connectivity index (χ3n) is 5.06. The van der Waals surface area contributed by atoms with E-state index in [1.807, 2.05) is 29.6 Å². The second-order valence-corrected chi connectivity index (χ2v) is 8.30. The van der Waals surface area contributed by atoms with Gasteiger partial charge in [0.2, 0.25) is 0 Å². The minimum Gasteiger partial charge on any atom is -0.319 e. The zero-order valence-corrected chi connectivity index (χ0v) is 17.2. The fraction of sp³-hybridized carbons (Fsp3) is 0.286. The average molecular weight is 407 g/mol. The van der Waals surface area contributed by atoms with Crippen molar-refractivity contribution in [2.75, 3.05) is 0 Å². The molecule has 4 rings (SSSR count). The van der Waals surface area contributed by atoms with E-state index in [0.717, 1.165) is 5.56 Å². The molecule has 0 radical (unpaired) electrons. The lowest BCUT2D eigenvalue weighted by molar-refractivity contribution is -0.131. The molecule has 8 heteroatoms. The van der Waals surface area contributed by atoms with Crippen LogP contribution in [0.15, 0.2) is 48.1 Å². The second-order valence-electron chi connectivity index (χ2n) is 7.44. The number of amides is 3. The topological polar surface area (TPSA) is 88.1 Å². The van der Waals surface area contributed by atoms with Crippen molar-refractivity contribution >= 4 is 23.3 Å². The van der Waals surface area contributed by atoms with Gasteiger partial charge in [-0.1, -0.05) is 38.1 Å². The molecule has 29 heavy (non-hydrogen) atoms. The van der Waals surface area contributed by atoms with Gasteiger partial charge in [0.25, 0.3) is 5.91 Å². The first kappa shape index (κ1) is 19.2. The van der Waals surface area contributed by atoms with E-state index in [2.05, 4.69) is 34.1 Å². The number of thiazole rings is 1. The molecule has 0 aliphatic carbocycles. The van der Waals surface area contributed by atoms with Crippen molar-refractivity contribution in [3.63, 3.8) is 0 Å². The van der Waals surface area contributed by atoms with Crippen LogP contribution in [0.4, 0.5) is 4.79 Å². The SMILES string of the molecule is CC(C)c1ccc(C2(C)NC(=O)N(Cc3csc(-c4ncccn4)n3)C2=O)cc1. The summed E-state index contributed by atoms with van der Waals surface area (Å²) in [4.78, 5) is 39.8. The van der Waals surface area contributed by atoms with Gasteiger partial charge in [0, 0.05) is 17.8 Å². The van der Waals surface area contributed by atoms with Gasteiger partial charge < -0.3 is 5.32 Å². The molecular formula is C21H21N5O2S. The monoisotopic (exact) mass is 407 g/mol. The van der Waals surface area contributed by atoms with Crippen molar-refractivity contribution in [2.24, 2.45) is 0 Å². The molecule has 1 fully saturated rings. The first-order valence-electron chi connectivity index (χ1n) is 9.35. The van der Waals surface area contributed by atoms with Crippen LogP contribution in [0, 0.1) is 0 Å². The zero-order valence-electron chi connectivity index (χ0n) is 16.4. The van der Waals surface area contributed by atoms with Crippen molar-refractivity contribution in [3.8, 4) is 10.8 Å². The van der Waals surface area contributed by atoms with Gasteiger partial charge in [0.1, 0.15) is 5.54 Å². The standard InChI is InChI=1S/C21H21N5O2S/c1-13(2)14-5-7-15(8-6-14)21(3)19(27)26(20(28)25-21)11-16-12-29-18(24-16)17-22-9-4-10-23-17/h4-10,12-13H,11H2,1-3H3,(H,25,28). The normalized spacial score (nSPS) is 19.1. The minimum absolute atomic E-state index is 0.105. The van der Waals surface area contributed by atoms with Crippen molar-refractivity contribution in [3.05, 3.63) is 64.9 Å². The highest BCUT2D eigenvalue weighted by Gasteiger charge is 2.49. The van der Waals surface area contributed by atoms with E-state index in [1.165, 1.54) is 21.8 Å². The Labute approximate surface area is 172 Å².